The van der Waals surface area contributed by atoms with Gasteiger partial charge in [-0.1, -0.05) is 24.6 Å². The van der Waals surface area contributed by atoms with Gasteiger partial charge in [0.25, 0.3) is 0 Å². The van der Waals surface area contributed by atoms with E-state index >= 15 is 0 Å². The molecule has 1 heterocycles. The first-order valence-electron chi connectivity index (χ1n) is 9.35. The van der Waals surface area contributed by atoms with Crippen molar-refractivity contribution in [1.29, 1.82) is 0 Å². The number of para-hydroxylation sites is 1. The number of rotatable bonds is 4. The van der Waals surface area contributed by atoms with Gasteiger partial charge >= 0.3 is 0 Å². The Morgan fingerprint density at radius 3 is 2.48 bits per heavy atom. The van der Waals surface area contributed by atoms with E-state index < -0.39 is 0 Å². The van der Waals surface area contributed by atoms with Crippen LogP contribution in [0.25, 0.3) is 0 Å². The number of carbonyl (C=O) groups is 1. The van der Waals surface area contributed by atoms with Gasteiger partial charge < -0.3 is 10.6 Å². The van der Waals surface area contributed by atoms with Gasteiger partial charge in [0.1, 0.15) is 0 Å². The summed E-state index contributed by atoms with van der Waals surface area (Å²) in [6, 6.07) is 12.5. The molecule has 25 heavy (non-hydrogen) atoms. The molecule has 4 rings (SSSR count). The zero-order valence-electron chi connectivity index (χ0n) is 14.5. The van der Waals surface area contributed by atoms with Gasteiger partial charge in [0.2, 0.25) is 5.91 Å². The highest BCUT2D eigenvalue weighted by Crippen LogP contribution is 2.42. The molecule has 0 radical (unpaired) electrons. The van der Waals surface area contributed by atoms with E-state index in [2.05, 4.69) is 16.8 Å². The van der Waals surface area contributed by atoms with Crippen LogP contribution in [0.2, 0.25) is 0 Å². The standard InChI is InChI=1S/C21H26N2OS/c22-20-16-5-4-6-17(20)12-18(11-16)21(24)23(13-15-9-10-25-14-15)19-7-2-1-3-8-19/h1-3,7-10,14,16-18,20H,4-6,11-13,22H2. The third kappa shape index (κ3) is 3.51. The van der Waals surface area contributed by atoms with Crippen LogP contribution in [0.3, 0.4) is 0 Å². The Balaban J connectivity index is 1.57. The number of thiophene rings is 1. The van der Waals surface area contributed by atoms with Crippen LogP contribution in [0.15, 0.2) is 47.2 Å². The van der Waals surface area contributed by atoms with E-state index in [1.807, 2.05) is 35.2 Å². The molecule has 1 aromatic heterocycles. The average molecular weight is 355 g/mol. The number of carbonyl (C=O) groups excluding carboxylic acids is 1. The number of nitrogens with zero attached hydrogens (tertiary/aromatic N) is 1. The Morgan fingerprint density at radius 2 is 1.84 bits per heavy atom. The van der Waals surface area contributed by atoms with E-state index in [9.17, 15) is 4.79 Å². The Hall–Kier alpha value is -1.65. The van der Waals surface area contributed by atoms with Crippen LogP contribution in [0.1, 0.15) is 37.7 Å². The summed E-state index contributed by atoms with van der Waals surface area (Å²) in [4.78, 5) is 15.4. The molecule has 1 amide bonds. The van der Waals surface area contributed by atoms with Crippen molar-refractivity contribution in [2.75, 3.05) is 4.90 Å². The number of benzene rings is 1. The number of nitrogens with two attached hydrogens (primary N) is 1. The normalized spacial score (nSPS) is 28.5. The van der Waals surface area contributed by atoms with Crippen LogP contribution in [-0.4, -0.2) is 11.9 Å². The van der Waals surface area contributed by atoms with Gasteiger partial charge in [0.05, 0.1) is 6.54 Å². The molecule has 2 atom stereocenters. The fourth-order valence-electron chi connectivity index (χ4n) is 4.68. The molecule has 3 nitrogen and oxygen atoms in total. The molecule has 132 valence electrons. The minimum Gasteiger partial charge on any atom is -0.327 e. The van der Waals surface area contributed by atoms with Crippen molar-refractivity contribution in [3.8, 4) is 0 Å². The first kappa shape index (κ1) is 16.8. The lowest BCUT2D eigenvalue weighted by molar-refractivity contribution is -0.125. The lowest BCUT2D eigenvalue weighted by atomic mass is 9.65. The summed E-state index contributed by atoms with van der Waals surface area (Å²) in [6.45, 7) is 0.657. The van der Waals surface area contributed by atoms with Gasteiger partial charge in [0, 0.05) is 17.6 Å². The largest absolute Gasteiger partial charge is 0.327 e. The molecule has 1 aromatic carbocycles. The molecule has 2 aromatic rings. The molecule has 2 unspecified atom stereocenters. The molecule has 4 heteroatoms. The van der Waals surface area contributed by atoms with E-state index in [0.717, 1.165) is 18.5 Å². The van der Waals surface area contributed by atoms with Crippen LogP contribution in [-0.2, 0) is 11.3 Å². The van der Waals surface area contributed by atoms with Crippen molar-refractivity contribution in [2.45, 2.75) is 44.7 Å². The SMILES string of the molecule is NC1C2CCCC1CC(C(=O)N(Cc1ccsc1)c1ccccc1)C2. The highest BCUT2D eigenvalue weighted by atomic mass is 32.1. The van der Waals surface area contributed by atoms with E-state index in [0.29, 0.717) is 24.4 Å². The topological polar surface area (TPSA) is 46.3 Å². The lowest BCUT2D eigenvalue weighted by Gasteiger charge is -2.44. The second-order valence-electron chi connectivity index (χ2n) is 7.59. The van der Waals surface area contributed by atoms with Crippen molar-refractivity contribution in [2.24, 2.45) is 23.5 Å². The minimum absolute atomic E-state index is 0.119. The van der Waals surface area contributed by atoms with Crippen LogP contribution < -0.4 is 10.6 Å². The predicted octanol–water partition coefficient (Wildman–Crippen LogP) is 4.43. The number of amides is 1. The maximum Gasteiger partial charge on any atom is 0.230 e. The molecular weight excluding hydrogens is 328 g/mol. The minimum atomic E-state index is 0.119. The van der Waals surface area contributed by atoms with Gasteiger partial charge in [-0.05, 0) is 72.0 Å². The van der Waals surface area contributed by atoms with E-state index in [4.69, 9.17) is 5.73 Å². The van der Waals surface area contributed by atoms with E-state index in [1.54, 1.807) is 11.3 Å². The molecule has 2 aliphatic rings. The molecule has 2 saturated carbocycles. The second kappa shape index (κ2) is 7.30. The number of anilines is 1. The van der Waals surface area contributed by atoms with Gasteiger partial charge in [0.15, 0.2) is 0 Å². The molecule has 2 N–H and O–H groups in total. The van der Waals surface area contributed by atoms with Crippen molar-refractivity contribution < 1.29 is 4.79 Å². The fraction of sp³-hybridized carbons (Fsp3) is 0.476. The third-order valence-corrected chi connectivity index (χ3v) is 6.75. The maximum absolute atomic E-state index is 13.5. The first-order valence-corrected chi connectivity index (χ1v) is 10.3. The zero-order chi connectivity index (χ0) is 17.2. The molecular formula is C21H26N2OS. The molecule has 0 aliphatic heterocycles. The highest BCUT2D eigenvalue weighted by Gasteiger charge is 2.41. The number of fused-ring (bicyclic) bond motifs is 2. The first-order chi connectivity index (χ1) is 12.2. The molecule has 0 spiro atoms. The lowest BCUT2D eigenvalue weighted by Crippen LogP contribution is -2.49. The van der Waals surface area contributed by atoms with Gasteiger partial charge in [-0.25, -0.2) is 0 Å². The van der Waals surface area contributed by atoms with E-state index in [1.165, 1.54) is 24.8 Å². The van der Waals surface area contributed by atoms with Crippen LogP contribution in [0.4, 0.5) is 5.69 Å². The summed E-state index contributed by atoms with van der Waals surface area (Å²) in [5.74, 6) is 1.45. The summed E-state index contributed by atoms with van der Waals surface area (Å²) < 4.78 is 0. The zero-order valence-corrected chi connectivity index (χ0v) is 15.3. The predicted molar refractivity (Wildman–Crippen MR) is 103 cm³/mol. The van der Waals surface area contributed by atoms with Gasteiger partial charge in [-0.2, -0.15) is 11.3 Å². The smallest absolute Gasteiger partial charge is 0.230 e. The Labute approximate surface area is 153 Å². The summed E-state index contributed by atoms with van der Waals surface area (Å²) in [7, 11) is 0. The Morgan fingerprint density at radius 1 is 1.12 bits per heavy atom. The molecule has 0 saturated heterocycles. The Bertz CT molecular complexity index is 686. The van der Waals surface area contributed by atoms with Gasteiger partial charge in [-0.15, -0.1) is 0 Å². The highest BCUT2D eigenvalue weighted by molar-refractivity contribution is 7.07. The van der Waals surface area contributed by atoms with Crippen LogP contribution >= 0.6 is 11.3 Å². The van der Waals surface area contributed by atoms with Crippen molar-refractivity contribution >= 4 is 22.9 Å². The van der Waals surface area contributed by atoms with Gasteiger partial charge in [-0.3, -0.25) is 4.79 Å². The summed E-state index contributed by atoms with van der Waals surface area (Å²) >= 11 is 1.68. The quantitative estimate of drug-likeness (QED) is 0.882. The average Bonchev–Trinajstić information content (AvgIpc) is 3.13. The fourth-order valence-corrected chi connectivity index (χ4v) is 5.34. The molecule has 2 bridgehead atoms. The maximum atomic E-state index is 13.5. The summed E-state index contributed by atoms with van der Waals surface area (Å²) in [5, 5.41) is 4.21. The Kier molecular flexibility index (Phi) is 4.91. The molecule has 2 fully saturated rings. The summed E-state index contributed by atoms with van der Waals surface area (Å²) in [6.07, 6.45) is 5.59. The monoisotopic (exact) mass is 354 g/mol. The van der Waals surface area contributed by atoms with E-state index in [-0.39, 0.29) is 11.8 Å². The number of hydrogen-bond donors (Lipinski definition) is 1. The second-order valence-corrected chi connectivity index (χ2v) is 8.37. The number of hydrogen-bond acceptors (Lipinski definition) is 3. The van der Waals surface area contributed by atoms with Crippen molar-refractivity contribution in [3.05, 3.63) is 52.7 Å². The van der Waals surface area contributed by atoms with Crippen LogP contribution in [0, 0.1) is 17.8 Å². The third-order valence-electron chi connectivity index (χ3n) is 6.02. The summed E-state index contributed by atoms with van der Waals surface area (Å²) in [5.41, 5.74) is 8.62. The van der Waals surface area contributed by atoms with Crippen LogP contribution in [0.5, 0.6) is 0 Å². The van der Waals surface area contributed by atoms with Crippen molar-refractivity contribution in [3.63, 3.8) is 0 Å². The van der Waals surface area contributed by atoms with Crippen molar-refractivity contribution in [1.82, 2.24) is 0 Å². The molecule has 2 aliphatic carbocycles.